The first kappa shape index (κ1) is 17.5. The van der Waals surface area contributed by atoms with Gasteiger partial charge in [0.2, 0.25) is 0 Å². The molecular weight excluding hydrogens is 324 g/mol. The van der Waals surface area contributed by atoms with Gasteiger partial charge in [-0.25, -0.2) is 19.4 Å². The highest BCUT2D eigenvalue weighted by molar-refractivity contribution is 5.72. The van der Waals surface area contributed by atoms with Gasteiger partial charge in [-0.3, -0.25) is 4.90 Å². The first-order valence-corrected chi connectivity index (χ1v) is 8.43. The fraction of sp³-hybridized carbons (Fsp3) is 0.556. The molecule has 2 heterocycles. The molecule has 3 rings (SSSR count). The molecule has 0 saturated carbocycles. The standard InChI is InChI=1S/C18H24N2O5/c1-11-7-12-5-6-13-9-23-10-15(14(13)8-12)20(11)17(22)25-24-16(21)19-18(2,3)4/h5-6,8,11,15H,7,9-10H2,1-4H3,(H,19,21). The molecule has 0 aliphatic carbocycles. The molecule has 0 aromatic heterocycles. The van der Waals surface area contributed by atoms with E-state index in [0.29, 0.717) is 19.6 Å². The molecule has 7 heteroatoms. The van der Waals surface area contributed by atoms with Crippen molar-refractivity contribution in [2.75, 3.05) is 6.61 Å². The van der Waals surface area contributed by atoms with E-state index in [1.165, 1.54) is 5.56 Å². The van der Waals surface area contributed by atoms with Crippen LogP contribution in [0.25, 0.3) is 0 Å². The van der Waals surface area contributed by atoms with Crippen molar-refractivity contribution in [2.24, 2.45) is 0 Å². The summed E-state index contributed by atoms with van der Waals surface area (Å²) in [5.74, 6) is 0. The number of fused-ring (bicyclic) bond motifs is 1. The van der Waals surface area contributed by atoms with Gasteiger partial charge in [-0.1, -0.05) is 18.2 Å². The molecule has 2 bridgehead atoms. The number of rotatable bonds is 0. The molecule has 0 saturated heterocycles. The van der Waals surface area contributed by atoms with Crippen LogP contribution in [0.3, 0.4) is 0 Å². The van der Waals surface area contributed by atoms with Crippen LogP contribution in [0.15, 0.2) is 18.2 Å². The summed E-state index contributed by atoms with van der Waals surface area (Å²) < 4.78 is 5.63. The third kappa shape index (κ3) is 3.87. The molecule has 1 aromatic carbocycles. The monoisotopic (exact) mass is 348 g/mol. The minimum absolute atomic E-state index is 0.110. The van der Waals surface area contributed by atoms with E-state index in [-0.39, 0.29) is 12.1 Å². The summed E-state index contributed by atoms with van der Waals surface area (Å²) in [5, 5.41) is 2.57. The second-order valence-electron chi connectivity index (χ2n) is 7.62. The second kappa shape index (κ2) is 6.55. The average Bonchev–Trinajstić information content (AvgIpc) is 2.64. The molecule has 7 nitrogen and oxygen atoms in total. The number of amides is 2. The van der Waals surface area contributed by atoms with E-state index in [4.69, 9.17) is 9.62 Å². The Labute approximate surface area is 147 Å². The highest BCUT2D eigenvalue weighted by Crippen LogP contribution is 2.35. The van der Waals surface area contributed by atoms with Crippen molar-refractivity contribution < 1.29 is 24.1 Å². The normalized spacial score (nSPS) is 22.0. The van der Waals surface area contributed by atoms with Gasteiger partial charge >= 0.3 is 12.2 Å². The van der Waals surface area contributed by atoms with E-state index in [0.717, 1.165) is 11.1 Å². The van der Waals surface area contributed by atoms with Crippen molar-refractivity contribution in [3.05, 3.63) is 34.9 Å². The Hall–Kier alpha value is -2.28. The lowest BCUT2D eigenvalue weighted by Crippen LogP contribution is -2.46. The van der Waals surface area contributed by atoms with Crippen molar-refractivity contribution >= 4 is 12.2 Å². The minimum atomic E-state index is -0.801. The van der Waals surface area contributed by atoms with E-state index in [1.807, 2.05) is 13.0 Å². The van der Waals surface area contributed by atoms with Gasteiger partial charge in [-0.15, -0.1) is 0 Å². The lowest BCUT2D eigenvalue weighted by atomic mass is 9.97. The maximum absolute atomic E-state index is 12.6. The summed E-state index contributed by atoms with van der Waals surface area (Å²) in [6.45, 7) is 8.29. The zero-order chi connectivity index (χ0) is 18.2. The molecule has 1 aromatic rings. The van der Waals surface area contributed by atoms with Crippen LogP contribution >= 0.6 is 0 Å². The lowest BCUT2D eigenvalue weighted by Gasteiger charge is -2.35. The lowest BCUT2D eigenvalue weighted by molar-refractivity contribution is -0.194. The van der Waals surface area contributed by atoms with Gasteiger partial charge in [0.1, 0.15) is 0 Å². The van der Waals surface area contributed by atoms with Gasteiger partial charge in [0, 0.05) is 11.6 Å². The van der Waals surface area contributed by atoms with Gasteiger partial charge in [-0.2, -0.15) is 0 Å². The average molecular weight is 348 g/mol. The number of hydrogen-bond acceptors (Lipinski definition) is 5. The maximum atomic E-state index is 12.6. The largest absolute Gasteiger partial charge is 0.453 e. The van der Waals surface area contributed by atoms with Crippen LogP contribution < -0.4 is 5.32 Å². The topological polar surface area (TPSA) is 77.1 Å². The number of nitrogens with zero attached hydrogens (tertiary/aromatic N) is 1. The Bertz CT molecular complexity index is 683. The van der Waals surface area contributed by atoms with E-state index in [1.54, 1.807) is 25.7 Å². The highest BCUT2D eigenvalue weighted by atomic mass is 17.2. The summed E-state index contributed by atoms with van der Waals surface area (Å²) in [4.78, 5) is 35.3. The molecule has 0 fully saturated rings. The molecule has 0 spiro atoms. The molecule has 2 amide bonds. The Kier molecular flexibility index (Phi) is 4.60. The molecule has 136 valence electrons. The van der Waals surface area contributed by atoms with Crippen molar-refractivity contribution in [1.29, 1.82) is 0 Å². The fourth-order valence-corrected chi connectivity index (χ4v) is 3.31. The number of carbonyl (C=O) groups excluding carboxylic acids is 2. The number of nitrogens with one attached hydrogen (secondary N) is 1. The summed E-state index contributed by atoms with van der Waals surface area (Å²) in [7, 11) is 0. The summed E-state index contributed by atoms with van der Waals surface area (Å²) in [6.07, 6.45) is -0.794. The van der Waals surface area contributed by atoms with Crippen LogP contribution in [0, 0.1) is 0 Å². The fourth-order valence-electron chi connectivity index (χ4n) is 3.31. The molecule has 0 radical (unpaired) electrons. The van der Waals surface area contributed by atoms with Gasteiger partial charge in [0.25, 0.3) is 0 Å². The van der Waals surface area contributed by atoms with Crippen LogP contribution in [-0.2, 0) is 27.5 Å². The highest BCUT2D eigenvalue weighted by Gasteiger charge is 2.37. The van der Waals surface area contributed by atoms with Gasteiger partial charge < -0.3 is 10.1 Å². The predicted octanol–water partition coefficient (Wildman–Crippen LogP) is 3.08. The Morgan fingerprint density at radius 1 is 1.28 bits per heavy atom. The number of ether oxygens (including phenoxy) is 1. The second-order valence-corrected chi connectivity index (χ2v) is 7.62. The molecule has 25 heavy (non-hydrogen) atoms. The van der Waals surface area contributed by atoms with Gasteiger partial charge in [-0.05, 0) is 50.8 Å². The molecule has 2 aliphatic heterocycles. The van der Waals surface area contributed by atoms with Gasteiger partial charge in [0.15, 0.2) is 0 Å². The molecule has 2 aliphatic rings. The zero-order valence-corrected chi connectivity index (χ0v) is 15.0. The summed E-state index contributed by atoms with van der Waals surface area (Å²) in [6, 6.07) is 5.87. The number of benzene rings is 1. The van der Waals surface area contributed by atoms with Gasteiger partial charge in [0.05, 0.1) is 19.3 Å². The minimum Gasteiger partial charge on any atom is -0.374 e. The van der Waals surface area contributed by atoms with Crippen LogP contribution in [0.5, 0.6) is 0 Å². The maximum Gasteiger partial charge on any atom is 0.453 e. The Morgan fingerprint density at radius 3 is 2.76 bits per heavy atom. The van der Waals surface area contributed by atoms with Crippen molar-refractivity contribution in [1.82, 2.24) is 10.2 Å². The van der Waals surface area contributed by atoms with Crippen LogP contribution in [0.4, 0.5) is 9.59 Å². The van der Waals surface area contributed by atoms with E-state index in [9.17, 15) is 9.59 Å². The quantitative estimate of drug-likeness (QED) is 0.576. The molecule has 1 N–H and O–H groups in total. The summed E-state index contributed by atoms with van der Waals surface area (Å²) in [5.41, 5.74) is 2.83. The first-order chi connectivity index (χ1) is 11.7. The van der Waals surface area contributed by atoms with Crippen LogP contribution in [0.2, 0.25) is 0 Å². The third-order valence-electron chi connectivity index (χ3n) is 4.32. The van der Waals surface area contributed by atoms with E-state index in [2.05, 4.69) is 22.3 Å². The Balaban J connectivity index is 1.73. The molecular formula is C18H24N2O5. The summed E-state index contributed by atoms with van der Waals surface area (Å²) >= 11 is 0. The van der Waals surface area contributed by atoms with Crippen molar-refractivity contribution in [3.63, 3.8) is 0 Å². The zero-order valence-electron chi connectivity index (χ0n) is 15.0. The van der Waals surface area contributed by atoms with Crippen LogP contribution in [0.1, 0.15) is 50.4 Å². The number of hydrogen-bond donors (Lipinski definition) is 1. The smallest absolute Gasteiger partial charge is 0.374 e. The van der Waals surface area contributed by atoms with Crippen molar-refractivity contribution in [2.45, 2.75) is 58.3 Å². The third-order valence-corrected chi connectivity index (χ3v) is 4.32. The first-order valence-electron chi connectivity index (χ1n) is 8.43. The van der Waals surface area contributed by atoms with Crippen LogP contribution in [-0.4, -0.2) is 35.3 Å². The Morgan fingerprint density at radius 2 is 2.04 bits per heavy atom. The predicted molar refractivity (Wildman–Crippen MR) is 89.7 cm³/mol. The molecule has 2 atom stereocenters. The van der Waals surface area contributed by atoms with E-state index >= 15 is 0 Å². The molecule has 2 unspecified atom stereocenters. The van der Waals surface area contributed by atoms with E-state index < -0.39 is 17.7 Å². The van der Waals surface area contributed by atoms with Crippen molar-refractivity contribution in [3.8, 4) is 0 Å². The SMILES string of the molecule is CC1Cc2ccc3c(c2)C(COC3)N1C(=O)OOC(=O)NC(C)(C)C. The number of carbonyl (C=O) groups is 2.